The van der Waals surface area contributed by atoms with Crippen molar-refractivity contribution in [1.29, 1.82) is 0 Å². The molecule has 172 valence electrons. The van der Waals surface area contributed by atoms with Crippen molar-refractivity contribution in [2.45, 2.75) is 31.5 Å². The van der Waals surface area contributed by atoms with E-state index < -0.39 is 65.9 Å². The predicted molar refractivity (Wildman–Crippen MR) is 90.7 cm³/mol. The number of aromatic amines is 1. The third kappa shape index (κ3) is 6.47. The van der Waals surface area contributed by atoms with Gasteiger partial charge in [-0.15, -0.1) is 0 Å². The van der Waals surface area contributed by atoms with Crippen LogP contribution in [-0.4, -0.2) is 59.2 Å². The zero-order chi connectivity index (χ0) is 23.1. The van der Waals surface area contributed by atoms with Crippen LogP contribution in [0.3, 0.4) is 0 Å². The molecule has 0 aromatic carbocycles. The molecule has 0 bridgehead atoms. The van der Waals surface area contributed by atoms with Crippen molar-refractivity contribution in [2.24, 2.45) is 0 Å². The Morgan fingerprint density at radius 2 is 1.77 bits per heavy atom. The van der Waals surface area contributed by atoms with E-state index in [0.29, 0.717) is 4.57 Å². The minimum Gasteiger partial charge on any atom is -0.387 e. The maximum atomic E-state index is 14.4. The molecule has 2 heterocycles. The van der Waals surface area contributed by atoms with Crippen molar-refractivity contribution < 1.29 is 60.6 Å². The molecule has 0 spiro atoms. The highest BCUT2D eigenvalue weighted by molar-refractivity contribution is 7.66. The van der Waals surface area contributed by atoms with Gasteiger partial charge in [0.15, 0.2) is 12.4 Å². The third-order valence-electron chi connectivity index (χ3n) is 3.53. The Morgan fingerprint density at radius 3 is 2.33 bits per heavy atom. The average molecular weight is 500 g/mol. The van der Waals surface area contributed by atoms with Crippen LogP contribution < -0.4 is 11.2 Å². The van der Waals surface area contributed by atoms with Gasteiger partial charge in [-0.2, -0.15) is 8.62 Å². The highest BCUT2D eigenvalue weighted by Crippen LogP contribution is 2.66. The van der Waals surface area contributed by atoms with E-state index in [0.717, 1.165) is 6.20 Å². The molecule has 1 aliphatic rings. The van der Waals surface area contributed by atoms with Crippen molar-refractivity contribution in [3.05, 3.63) is 32.6 Å². The van der Waals surface area contributed by atoms with E-state index in [1.807, 2.05) is 4.98 Å². The van der Waals surface area contributed by atoms with Gasteiger partial charge in [-0.3, -0.25) is 18.9 Å². The minimum atomic E-state index is -5.76. The van der Waals surface area contributed by atoms with Crippen molar-refractivity contribution >= 4 is 23.5 Å². The van der Waals surface area contributed by atoms with Gasteiger partial charge in [0.1, 0.15) is 12.2 Å². The monoisotopic (exact) mass is 500 g/mol. The number of aliphatic hydroxyl groups excluding tert-OH is 1. The fraction of sp³-hybridized carbons (Fsp3) is 0.600. The first kappa shape index (κ1) is 25.2. The fourth-order valence-electron chi connectivity index (χ4n) is 2.31. The maximum absolute atomic E-state index is 14.4. The van der Waals surface area contributed by atoms with Crippen molar-refractivity contribution in [2.75, 3.05) is 6.61 Å². The molecule has 6 atom stereocenters. The Bertz CT molecular complexity index is 1050. The summed E-state index contributed by atoms with van der Waals surface area (Å²) in [6, 6.07) is 0. The second-order valence-electron chi connectivity index (χ2n) is 5.87. The number of hydrogen-bond acceptors (Lipinski definition) is 10. The van der Waals surface area contributed by atoms with Crippen LogP contribution in [0.25, 0.3) is 0 Å². The maximum Gasteiger partial charge on any atom is 0.490 e. The van der Waals surface area contributed by atoms with Crippen LogP contribution in [0.5, 0.6) is 0 Å². The number of hydrogen-bond donors (Lipinski definition) is 6. The number of aliphatic hydroxyl groups is 1. The zero-order valence-corrected chi connectivity index (χ0v) is 17.4. The lowest BCUT2D eigenvalue weighted by Crippen LogP contribution is -2.36. The minimum absolute atomic E-state index is 0.0107. The number of aryl methyl sites for hydroxylation is 1. The van der Waals surface area contributed by atoms with E-state index in [-0.39, 0.29) is 5.56 Å². The van der Waals surface area contributed by atoms with Crippen molar-refractivity contribution in [3.63, 3.8) is 0 Å². The number of ether oxygens (including phenoxy) is 1. The summed E-state index contributed by atoms with van der Waals surface area (Å²) < 4.78 is 64.8. The Kier molecular flexibility index (Phi) is 7.41. The second-order valence-corrected chi connectivity index (χ2v) is 10.3. The Hall–Kier alpha value is -1.06. The summed E-state index contributed by atoms with van der Waals surface area (Å²) in [5, 5.41) is 9.87. The van der Waals surface area contributed by atoms with Gasteiger partial charge in [-0.1, -0.05) is 0 Å². The quantitative estimate of drug-likeness (QED) is 0.229. The molecule has 30 heavy (non-hydrogen) atoms. The number of aromatic nitrogens is 2. The summed E-state index contributed by atoms with van der Waals surface area (Å²) in [6.45, 7) is 0.180. The van der Waals surface area contributed by atoms with E-state index in [2.05, 4.69) is 13.1 Å². The number of alkyl halides is 1. The Balaban J connectivity index is 2.09. The molecule has 6 N–H and O–H groups in total. The lowest BCUT2D eigenvalue weighted by atomic mass is 10.1. The van der Waals surface area contributed by atoms with E-state index in [1.165, 1.54) is 6.92 Å². The van der Waals surface area contributed by atoms with Crippen LogP contribution in [0.4, 0.5) is 4.39 Å². The largest absolute Gasteiger partial charge is 0.490 e. The SMILES string of the molecule is Cc1cn([C@@H]2O[C@H](COP(=O)(O)OP(=O)(O)OP(=O)(O)O)C(O)[C@@H]2F)c(=O)[nH]c1=O. The highest BCUT2D eigenvalue weighted by atomic mass is 31.3. The number of halogens is 1. The summed E-state index contributed by atoms with van der Waals surface area (Å²) in [6.07, 6.45) is -6.79. The van der Waals surface area contributed by atoms with Gasteiger partial charge < -0.3 is 29.4 Å². The van der Waals surface area contributed by atoms with Crippen LogP contribution in [0, 0.1) is 6.92 Å². The van der Waals surface area contributed by atoms with Crippen LogP contribution in [0.15, 0.2) is 15.8 Å². The molecule has 1 aromatic rings. The lowest BCUT2D eigenvalue weighted by Gasteiger charge is -2.19. The Morgan fingerprint density at radius 1 is 1.17 bits per heavy atom. The molecule has 1 saturated heterocycles. The molecule has 1 aliphatic heterocycles. The summed E-state index contributed by atoms with van der Waals surface area (Å²) in [4.78, 5) is 60.4. The normalized spacial score (nSPS) is 28.8. The number of nitrogens with zero attached hydrogens (tertiary/aromatic N) is 1. The number of phosphoric acid groups is 3. The van der Waals surface area contributed by atoms with Gasteiger partial charge in [-0.05, 0) is 6.92 Å². The number of rotatable bonds is 8. The second kappa shape index (κ2) is 8.82. The molecular weight excluding hydrogens is 484 g/mol. The van der Waals surface area contributed by atoms with Gasteiger partial charge in [0.2, 0.25) is 0 Å². The standard InChI is InChI=1S/C10H16FN2O14P3/c1-4-2-13(10(16)12-8(4)15)9-6(11)7(14)5(25-9)3-24-29(20,21)27-30(22,23)26-28(17,18)19/h2,5-7,9,14H,3H2,1H3,(H,20,21)(H,22,23)(H,12,15,16)(H2,17,18,19)/t5-,6+,7?,9-/m1/s1. The van der Waals surface area contributed by atoms with Crippen LogP contribution >= 0.6 is 23.5 Å². The van der Waals surface area contributed by atoms with Gasteiger partial charge in [0.05, 0.1) is 6.61 Å². The molecule has 0 amide bonds. The first-order valence-electron chi connectivity index (χ1n) is 7.59. The summed E-state index contributed by atoms with van der Waals surface area (Å²) in [5.74, 6) is 0. The molecule has 1 fully saturated rings. The van der Waals surface area contributed by atoms with Crippen LogP contribution in [0.1, 0.15) is 11.8 Å². The lowest BCUT2D eigenvalue weighted by molar-refractivity contribution is -0.0483. The molecule has 2 rings (SSSR count). The van der Waals surface area contributed by atoms with E-state index >= 15 is 0 Å². The van der Waals surface area contributed by atoms with Crippen molar-refractivity contribution in [3.8, 4) is 0 Å². The zero-order valence-electron chi connectivity index (χ0n) is 14.7. The van der Waals surface area contributed by atoms with E-state index in [4.69, 9.17) is 19.4 Å². The Labute approximate surface area is 165 Å². The van der Waals surface area contributed by atoms with Gasteiger partial charge in [0, 0.05) is 11.8 Å². The fourth-order valence-corrected chi connectivity index (χ4v) is 5.34. The molecular formula is C10H16FN2O14P3. The molecule has 0 saturated carbocycles. The third-order valence-corrected chi connectivity index (χ3v) is 7.33. The number of H-pyrrole nitrogens is 1. The van der Waals surface area contributed by atoms with E-state index in [9.17, 15) is 37.7 Å². The van der Waals surface area contributed by atoms with E-state index in [1.54, 1.807) is 0 Å². The predicted octanol–water partition coefficient (Wildman–Crippen LogP) is -1.22. The highest BCUT2D eigenvalue weighted by Gasteiger charge is 2.47. The van der Waals surface area contributed by atoms with Crippen LogP contribution in [0.2, 0.25) is 0 Å². The summed E-state index contributed by atoms with van der Waals surface area (Å²) in [7, 11) is -16.9. The van der Waals surface area contributed by atoms with Gasteiger partial charge in [-0.25, -0.2) is 22.9 Å². The molecule has 20 heteroatoms. The van der Waals surface area contributed by atoms with Gasteiger partial charge in [0.25, 0.3) is 5.56 Å². The van der Waals surface area contributed by atoms with Gasteiger partial charge >= 0.3 is 29.2 Å². The molecule has 0 radical (unpaired) electrons. The van der Waals surface area contributed by atoms with Crippen LogP contribution in [-0.2, 0) is 31.6 Å². The van der Waals surface area contributed by atoms with Crippen molar-refractivity contribution in [1.82, 2.24) is 9.55 Å². The number of nitrogens with one attached hydrogen (secondary N) is 1. The number of phosphoric ester groups is 1. The first-order chi connectivity index (χ1) is 13.5. The molecule has 0 aliphatic carbocycles. The molecule has 3 unspecified atom stereocenters. The average Bonchev–Trinajstić information content (AvgIpc) is 2.81. The molecule has 16 nitrogen and oxygen atoms in total. The summed E-state index contributed by atoms with van der Waals surface area (Å²) >= 11 is 0. The molecule has 1 aromatic heterocycles. The smallest absolute Gasteiger partial charge is 0.387 e. The topological polar surface area (TPSA) is 244 Å². The summed E-state index contributed by atoms with van der Waals surface area (Å²) in [5.41, 5.74) is -1.80. The first-order valence-corrected chi connectivity index (χ1v) is 12.1.